The van der Waals surface area contributed by atoms with Crippen LogP contribution in [0.5, 0.6) is 0 Å². The molecule has 0 fully saturated rings. The average Bonchev–Trinajstić information content (AvgIpc) is 2.82. The highest BCUT2D eigenvalue weighted by molar-refractivity contribution is 6.10. The molecule has 33 heavy (non-hydrogen) atoms. The summed E-state index contributed by atoms with van der Waals surface area (Å²) in [7, 11) is 0. The Morgan fingerprint density at radius 1 is 0.879 bits per heavy atom. The molecule has 0 bridgehead atoms. The van der Waals surface area contributed by atoms with E-state index in [0.29, 0.717) is 22.2 Å². The number of ketones is 1. The van der Waals surface area contributed by atoms with Gasteiger partial charge in [0.25, 0.3) is 0 Å². The average molecular weight is 439 g/mol. The molecular formula is C28H26N2O3. The summed E-state index contributed by atoms with van der Waals surface area (Å²) in [4.78, 5) is 39.3. The van der Waals surface area contributed by atoms with Crippen LogP contribution in [0.2, 0.25) is 0 Å². The van der Waals surface area contributed by atoms with Gasteiger partial charge in [-0.15, -0.1) is 0 Å². The Bertz CT molecular complexity index is 1400. The molecule has 1 heterocycles. The fourth-order valence-corrected chi connectivity index (χ4v) is 3.84. The largest absolute Gasteiger partial charge is 0.337 e. The van der Waals surface area contributed by atoms with E-state index in [-0.39, 0.29) is 29.2 Å². The van der Waals surface area contributed by atoms with Crippen LogP contribution in [0.15, 0.2) is 77.7 Å². The summed E-state index contributed by atoms with van der Waals surface area (Å²) < 4.78 is 1.67. The minimum Gasteiger partial charge on any atom is -0.337 e. The molecule has 1 aromatic heterocycles. The number of nitrogens with zero attached hydrogens (tertiary/aromatic N) is 1. The summed E-state index contributed by atoms with van der Waals surface area (Å²) in [5, 5.41) is 3.30. The molecule has 0 aliphatic carbocycles. The van der Waals surface area contributed by atoms with Gasteiger partial charge in [0.15, 0.2) is 5.78 Å². The fourth-order valence-electron chi connectivity index (χ4n) is 3.84. The van der Waals surface area contributed by atoms with Crippen molar-refractivity contribution in [2.75, 3.05) is 5.32 Å². The number of pyridine rings is 1. The Balaban J connectivity index is 1.74. The molecule has 0 unspecified atom stereocenters. The maximum atomic E-state index is 13.2. The minimum atomic E-state index is -0.348. The maximum Gasteiger partial charge on any atom is 0.244 e. The molecule has 0 spiro atoms. The van der Waals surface area contributed by atoms with E-state index in [0.717, 1.165) is 23.1 Å². The Kier molecular flexibility index (Phi) is 6.22. The molecular weight excluding hydrogens is 412 g/mol. The minimum absolute atomic E-state index is 0.0250. The molecule has 0 radical (unpaired) electrons. The van der Waals surface area contributed by atoms with Crippen molar-refractivity contribution in [1.82, 2.24) is 4.57 Å². The molecule has 0 aliphatic rings. The van der Waals surface area contributed by atoms with Gasteiger partial charge in [-0.25, -0.2) is 0 Å². The molecule has 4 aromatic rings. The monoisotopic (exact) mass is 438 g/mol. The zero-order chi connectivity index (χ0) is 23.5. The topological polar surface area (TPSA) is 68.2 Å². The first-order chi connectivity index (χ1) is 15.9. The molecule has 5 heteroatoms. The standard InChI is InChI=1S/C28H26N2O3/c1-4-20-8-10-21(11-9-20)27(32)24-16-30(25-14-7-19(3)15-23(25)28(24)33)17-26(31)29-22-12-5-18(2)6-13-22/h5-16H,4,17H2,1-3H3,(H,29,31). The Labute approximate surface area is 192 Å². The van der Waals surface area contributed by atoms with E-state index in [1.807, 2.05) is 69.3 Å². The number of anilines is 1. The number of rotatable bonds is 6. The second-order valence-corrected chi connectivity index (χ2v) is 8.31. The zero-order valence-electron chi connectivity index (χ0n) is 19.0. The lowest BCUT2D eigenvalue weighted by Crippen LogP contribution is -2.24. The van der Waals surface area contributed by atoms with Gasteiger partial charge in [-0.1, -0.05) is 60.5 Å². The Hall–Kier alpha value is -3.99. The van der Waals surface area contributed by atoms with Crippen LogP contribution in [0.3, 0.4) is 0 Å². The lowest BCUT2D eigenvalue weighted by Gasteiger charge is -2.14. The third-order valence-electron chi connectivity index (χ3n) is 5.75. The summed E-state index contributed by atoms with van der Waals surface area (Å²) in [6, 6.07) is 20.3. The molecule has 0 atom stereocenters. The van der Waals surface area contributed by atoms with Crippen LogP contribution in [0.1, 0.15) is 39.5 Å². The highest BCUT2D eigenvalue weighted by Gasteiger charge is 2.18. The SMILES string of the molecule is CCc1ccc(C(=O)c2cn(CC(=O)Nc3ccc(C)cc3)c3ccc(C)cc3c2=O)cc1. The highest BCUT2D eigenvalue weighted by atomic mass is 16.2. The first kappa shape index (κ1) is 22.2. The van der Waals surface area contributed by atoms with Crippen molar-refractivity contribution < 1.29 is 9.59 Å². The smallest absolute Gasteiger partial charge is 0.244 e. The van der Waals surface area contributed by atoms with Gasteiger partial charge in [-0.05, 0) is 50.1 Å². The number of aryl methyl sites for hydroxylation is 3. The van der Waals surface area contributed by atoms with Crippen LogP contribution >= 0.6 is 0 Å². The lowest BCUT2D eigenvalue weighted by molar-refractivity contribution is -0.116. The number of benzene rings is 3. The number of amides is 1. The molecule has 166 valence electrons. The first-order valence-corrected chi connectivity index (χ1v) is 11.0. The number of carbonyl (C=O) groups excluding carboxylic acids is 2. The molecule has 1 N–H and O–H groups in total. The van der Waals surface area contributed by atoms with E-state index in [1.165, 1.54) is 6.20 Å². The summed E-state index contributed by atoms with van der Waals surface area (Å²) in [5.74, 6) is -0.589. The van der Waals surface area contributed by atoms with Gasteiger partial charge in [0.1, 0.15) is 6.54 Å². The van der Waals surface area contributed by atoms with E-state index >= 15 is 0 Å². The van der Waals surface area contributed by atoms with Crippen molar-refractivity contribution in [2.45, 2.75) is 33.7 Å². The molecule has 0 saturated carbocycles. The van der Waals surface area contributed by atoms with Crippen LogP contribution in [-0.4, -0.2) is 16.3 Å². The third kappa shape index (κ3) is 4.77. The molecule has 5 nitrogen and oxygen atoms in total. The molecule has 4 rings (SSSR count). The van der Waals surface area contributed by atoms with Gasteiger partial charge < -0.3 is 9.88 Å². The predicted octanol–water partition coefficient (Wildman–Crippen LogP) is 5.05. The van der Waals surface area contributed by atoms with Crippen molar-refractivity contribution in [3.63, 3.8) is 0 Å². The van der Waals surface area contributed by atoms with Crippen molar-refractivity contribution in [3.8, 4) is 0 Å². The normalized spacial score (nSPS) is 10.9. The summed E-state index contributed by atoms with van der Waals surface area (Å²) in [5.41, 5.74) is 4.62. The summed E-state index contributed by atoms with van der Waals surface area (Å²) >= 11 is 0. The second kappa shape index (κ2) is 9.25. The van der Waals surface area contributed by atoms with Crippen LogP contribution in [-0.2, 0) is 17.8 Å². The number of nitrogens with one attached hydrogen (secondary N) is 1. The third-order valence-corrected chi connectivity index (χ3v) is 5.75. The molecule has 0 aliphatic heterocycles. The number of carbonyl (C=O) groups is 2. The van der Waals surface area contributed by atoms with Gasteiger partial charge in [0.2, 0.25) is 11.3 Å². The molecule has 3 aromatic carbocycles. The number of fused-ring (bicyclic) bond motifs is 1. The highest BCUT2D eigenvalue weighted by Crippen LogP contribution is 2.17. The number of aromatic nitrogens is 1. The fraction of sp³-hybridized carbons (Fsp3) is 0.179. The summed E-state index contributed by atoms with van der Waals surface area (Å²) in [6.45, 7) is 5.89. The first-order valence-electron chi connectivity index (χ1n) is 11.0. The molecule has 1 amide bonds. The van der Waals surface area contributed by atoms with Crippen LogP contribution in [0, 0.1) is 13.8 Å². The van der Waals surface area contributed by atoms with Crippen molar-refractivity contribution in [1.29, 1.82) is 0 Å². The van der Waals surface area contributed by atoms with Crippen LogP contribution in [0.4, 0.5) is 5.69 Å². The van der Waals surface area contributed by atoms with Gasteiger partial charge in [0.05, 0.1) is 11.1 Å². The van der Waals surface area contributed by atoms with Crippen LogP contribution in [0.25, 0.3) is 10.9 Å². The van der Waals surface area contributed by atoms with Gasteiger partial charge in [-0.2, -0.15) is 0 Å². The van der Waals surface area contributed by atoms with Gasteiger partial charge in [0, 0.05) is 22.8 Å². The predicted molar refractivity (Wildman–Crippen MR) is 132 cm³/mol. The lowest BCUT2D eigenvalue weighted by atomic mass is 10.00. The quantitative estimate of drug-likeness (QED) is 0.428. The number of hydrogen-bond donors (Lipinski definition) is 1. The van der Waals surface area contributed by atoms with Gasteiger partial charge in [-0.3, -0.25) is 14.4 Å². The van der Waals surface area contributed by atoms with E-state index in [9.17, 15) is 14.4 Å². The van der Waals surface area contributed by atoms with E-state index in [4.69, 9.17) is 0 Å². The van der Waals surface area contributed by atoms with Crippen molar-refractivity contribution >= 4 is 28.3 Å². The Morgan fingerprint density at radius 2 is 1.55 bits per heavy atom. The van der Waals surface area contributed by atoms with Crippen molar-refractivity contribution in [3.05, 3.63) is 111 Å². The summed E-state index contributed by atoms with van der Waals surface area (Å²) in [6.07, 6.45) is 2.37. The number of hydrogen-bond acceptors (Lipinski definition) is 3. The van der Waals surface area contributed by atoms with E-state index in [1.54, 1.807) is 22.8 Å². The van der Waals surface area contributed by atoms with Crippen LogP contribution < -0.4 is 10.7 Å². The molecule has 0 saturated heterocycles. The van der Waals surface area contributed by atoms with Gasteiger partial charge >= 0.3 is 0 Å². The zero-order valence-corrected chi connectivity index (χ0v) is 19.0. The van der Waals surface area contributed by atoms with E-state index in [2.05, 4.69) is 5.32 Å². The van der Waals surface area contributed by atoms with Crippen molar-refractivity contribution in [2.24, 2.45) is 0 Å². The van der Waals surface area contributed by atoms with E-state index < -0.39 is 0 Å². The second-order valence-electron chi connectivity index (χ2n) is 8.31. The Morgan fingerprint density at radius 3 is 2.21 bits per heavy atom. The maximum absolute atomic E-state index is 13.2.